The fourth-order valence-corrected chi connectivity index (χ4v) is 4.28. The Morgan fingerprint density at radius 2 is 1.70 bits per heavy atom. The topological polar surface area (TPSA) is 70.2 Å². The van der Waals surface area contributed by atoms with Gasteiger partial charge in [-0.1, -0.05) is 32.8 Å². The number of likely N-dealkylation sites (N-methyl/N-ethyl adjacent to an activating group) is 1. The van der Waals surface area contributed by atoms with E-state index in [1.165, 1.54) is 0 Å². The van der Waals surface area contributed by atoms with Gasteiger partial charge in [0.05, 0.1) is 5.75 Å². The van der Waals surface area contributed by atoms with Gasteiger partial charge in [-0.15, -0.1) is 0 Å². The van der Waals surface area contributed by atoms with Crippen LogP contribution >= 0.6 is 0 Å². The highest BCUT2D eigenvalue weighted by atomic mass is 32.2. The van der Waals surface area contributed by atoms with Crippen LogP contribution in [0.3, 0.4) is 0 Å². The Hall–Kier alpha value is -1.80. The molecule has 0 fully saturated rings. The number of benzene rings is 1. The van der Waals surface area contributed by atoms with Gasteiger partial charge in [-0.05, 0) is 53.8 Å². The lowest BCUT2D eigenvalue weighted by molar-refractivity contribution is -0.136. The molecule has 1 aromatic carbocycles. The van der Waals surface area contributed by atoms with Crippen LogP contribution in [-0.4, -0.2) is 70.2 Å². The number of carbonyl (C=O) groups is 1. The third-order valence-corrected chi connectivity index (χ3v) is 7.13. The summed E-state index contributed by atoms with van der Waals surface area (Å²) >= 11 is 0. The Bertz CT molecular complexity index is 823. The second kappa shape index (κ2) is 14.5. The molecule has 1 aromatic rings. The number of rotatable bonds is 16. The van der Waals surface area contributed by atoms with Crippen LogP contribution in [0, 0.1) is 5.92 Å². The van der Waals surface area contributed by atoms with E-state index in [0.29, 0.717) is 24.4 Å². The predicted octanol–water partition coefficient (Wildman–Crippen LogP) is 4.37. The molecule has 7 nitrogen and oxygen atoms in total. The first-order chi connectivity index (χ1) is 15.6. The zero-order valence-electron chi connectivity index (χ0n) is 21.8. The van der Waals surface area contributed by atoms with Crippen molar-refractivity contribution in [3.8, 4) is 5.75 Å². The van der Waals surface area contributed by atoms with Gasteiger partial charge >= 0.3 is 10.1 Å². The molecule has 0 unspecified atom stereocenters. The quantitative estimate of drug-likeness (QED) is 0.325. The van der Waals surface area contributed by atoms with Gasteiger partial charge in [0.1, 0.15) is 5.75 Å². The molecule has 1 rings (SSSR count). The van der Waals surface area contributed by atoms with Crippen LogP contribution in [0.2, 0.25) is 0 Å². The Morgan fingerprint density at radius 3 is 2.21 bits per heavy atom. The lowest BCUT2D eigenvalue weighted by Gasteiger charge is -2.29. The standard InChI is InChI=1S/C25H45N3O4S/c1-8-13-14-21(9-2)25(29)28(18-17-26(6)7)20-22-15-16-23(27(10-3)11-4)19-24(22)32-33(30,31)12-5/h15-16,19,21H,8-14,17-18,20H2,1-7H3/t21-/m0/s1. The van der Waals surface area contributed by atoms with Crippen molar-refractivity contribution in [1.82, 2.24) is 9.80 Å². The van der Waals surface area contributed by atoms with Gasteiger partial charge in [0.2, 0.25) is 5.91 Å². The molecule has 1 amide bonds. The molecule has 0 saturated heterocycles. The van der Waals surface area contributed by atoms with Crippen molar-refractivity contribution in [2.45, 2.75) is 66.8 Å². The summed E-state index contributed by atoms with van der Waals surface area (Å²) in [5.41, 5.74) is 1.62. The molecule has 0 aliphatic carbocycles. The minimum Gasteiger partial charge on any atom is -0.382 e. The molecule has 33 heavy (non-hydrogen) atoms. The van der Waals surface area contributed by atoms with Gasteiger partial charge in [0.25, 0.3) is 0 Å². The van der Waals surface area contributed by atoms with Gasteiger partial charge in [0.15, 0.2) is 0 Å². The molecule has 0 aliphatic rings. The van der Waals surface area contributed by atoms with Crippen LogP contribution in [-0.2, 0) is 21.5 Å². The van der Waals surface area contributed by atoms with Crippen LogP contribution in [0.15, 0.2) is 18.2 Å². The molecule has 0 aromatic heterocycles. The largest absolute Gasteiger partial charge is 0.382 e. The van der Waals surface area contributed by atoms with Crippen molar-refractivity contribution in [1.29, 1.82) is 0 Å². The number of hydrogen-bond acceptors (Lipinski definition) is 6. The van der Waals surface area contributed by atoms with Gasteiger partial charge in [-0.2, -0.15) is 8.42 Å². The fraction of sp³-hybridized carbons (Fsp3) is 0.720. The molecule has 0 radical (unpaired) electrons. The van der Waals surface area contributed by atoms with Crippen molar-refractivity contribution in [3.05, 3.63) is 23.8 Å². The second-order valence-electron chi connectivity index (χ2n) is 8.70. The number of unbranched alkanes of at least 4 members (excludes halogenated alkanes) is 1. The summed E-state index contributed by atoms with van der Waals surface area (Å²) in [5.74, 6) is 0.307. The Labute approximate surface area is 202 Å². The Kier molecular flexibility index (Phi) is 12.8. The first-order valence-electron chi connectivity index (χ1n) is 12.4. The molecule has 0 heterocycles. The van der Waals surface area contributed by atoms with E-state index < -0.39 is 10.1 Å². The van der Waals surface area contributed by atoms with E-state index in [9.17, 15) is 13.2 Å². The van der Waals surface area contributed by atoms with Gasteiger partial charge in [0, 0.05) is 56.0 Å². The molecule has 0 saturated carbocycles. The fourth-order valence-electron chi connectivity index (χ4n) is 3.74. The van der Waals surface area contributed by atoms with Gasteiger partial charge in [-0.25, -0.2) is 0 Å². The van der Waals surface area contributed by atoms with Gasteiger partial charge < -0.3 is 18.9 Å². The summed E-state index contributed by atoms with van der Waals surface area (Å²) in [5, 5.41) is 0. The number of nitrogens with zero attached hydrogens (tertiary/aromatic N) is 3. The minimum absolute atomic E-state index is 0.0224. The van der Waals surface area contributed by atoms with Crippen LogP contribution in [0.5, 0.6) is 5.75 Å². The molecule has 1 atom stereocenters. The van der Waals surface area contributed by atoms with Crippen molar-refractivity contribution in [2.75, 3.05) is 50.9 Å². The van der Waals surface area contributed by atoms with Crippen LogP contribution in [0.4, 0.5) is 5.69 Å². The van der Waals surface area contributed by atoms with E-state index in [-0.39, 0.29) is 17.6 Å². The highest BCUT2D eigenvalue weighted by Crippen LogP contribution is 2.29. The third kappa shape index (κ3) is 9.53. The zero-order chi connectivity index (χ0) is 25.0. The molecule has 0 bridgehead atoms. The van der Waals surface area contributed by atoms with E-state index in [1.807, 2.05) is 31.1 Å². The number of carbonyl (C=O) groups excluding carboxylic acids is 1. The van der Waals surface area contributed by atoms with Crippen molar-refractivity contribution >= 4 is 21.7 Å². The number of hydrogen-bond donors (Lipinski definition) is 0. The summed E-state index contributed by atoms with van der Waals surface area (Å²) in [6.45, 7) is 13.1. The SMILES string of the molecule is CCCC[C@H](CC)C(=O)N(CCN(C)C)Cc1ccc(N(CC)CC)cc1OS(=O)(=O)CC. The maximum Gasteiger partial charge on any atom is 0.308 e. The summed E-state index contributed by atoms with van der Waals surface area (Å²) in [6.07, 6.45) is 3.75. The summed E-state index contributed by atoms with van der Waals surface area (Å²) < 4.78 is 30.2. The van der Waals surface area contributed by atoms with Gasteiger partial charge in [-0.3, -0.25) is 4.79 Å². The maximum atomic E-state index is 13.5. The first kappa shape index (κ1) is 29.2. The normalized spacial score (nSPS) is 12.6. The lowest BCUT2D eigenvalue weighted by atomic mass is 9.97. The van der Waals surface area contributed by atoms with Crippen LogP contribution in [0.1, 0.15) is 65.9 Å². The highest BCUT2D eigenvalue weighted by molar-refractivity contribution is 7.87. The molecule has 0 N–H and O–H groups in total. The molecule has 190 valence electrons. The first-order valence-corrected chi connectivity index (χ1v) is 13.9. The predicted molar refractivity (Wildman–Crippen MR) is 137 cm³/mol. The molecular formula is C25H45N3O4S. The average Bonchev–Trinajstić information content (AvgIpc) is 2.78. The van der Waals surface area contributed by atoms with E-state index in [0.717, 1.165) is 51.0 Å². The third-order valence-electron chi connectivity index (χ3n) is 5.99. The van der Waals surface area contributed by atoms with E-state index in [2.05, 4.69) is 37.5 Å². The van der Waals surface area contributed by atoms with Crippen molar-refractivity contribution in [3.63, 3.8) is 0 Å². The minimum atomic E-state index is -3.70. The molecule has 0 spiro atoms. The second-order valence-corrected chi connectivity index (χ2v) is 10.6. The van der Waals surface area contributed by atoms with E-state index in [1.54, 1.807) is 13.0 Å². The Balaban J connectivity index is 3.35. The van der Waals surface area contributed by atoms with E-state index >= 15 is 0 Å². The van der Waals surface area contributed by atoms with Crippen molar-refractivity contribution < 1.29 is 17.4 Å². The molecule has 8 heteroatoms. The lowest BCUT2D eigenvalue weighted by Crippen LogP contribution is -2.40. The highest BCUT2D eigenvalue weighted by Gasteiger charge is 2.25. The smallest absolute Gasteiger partial charge is 0.308 e. The van der Waals surface area contributed by atoms with E-state index in [4.69, 9.17) is 4.18 Å². The monoisotopic (exact) mass is 483 g/mol. The van der Waals surface area contributed by atoms with Crippen LogP contribution in [0.25, 0.3) is 0 Å². The van der Waals surface area contributed by atoms with Crippen molar-refractivity contribution in [2.24, 2.45) is 5.92 Å². The Morgan fingerprint density at radius 1 is 1.03 bits per heavy atom. The maximum absolute atomic E-state index is 13.5. The molecular weight excluding hydrogens is 438 g/mol. The molecule has 0 aliphatic heterocycles. The summed E-state index contributed by atoms with van der Waals surface area (Å²) in [4.78, 5) is 19.5. The number of anilines is 1. The average molecular weight is 484 g/mol. The summed E-state index contributed by atoms with van der Waals surface area (Å²) in [6, 6.07) is 5.67. The number of amides is 1. The summed E-state index contributed by atoms with van der Waals surface area (Å²) in [7, 11) is 0.273. The zero-order valence-corrected chi connectivity index (χ0v) is 22.6. The van der Waals surface area contributed by atoms with Crippen LogP contribution < -0.4 is 9.08 Å².